The van der Waals surface area contributed by atoms with E-state index in [0.717, 1.165) is 51.6 Å². The third kappa shape index (κ3) is 8.67. The maximum absolute atomic E-state index is 12.4. The largest absolute Gasteiger partial charge is 0.455 e. The molecule has 0 radical (unpaired) electrons. The van der Waals surface area contributed by atoms with E-state index in [2.05, 4.69) is 44.3 Å². The van der Waals surface area contributed by atoms with Gasteiger partial charge < -0.3 is 19.5 Å². The first-order valence-corrected chi connectivity index (χ1v) is 14.0. The molecule has 0 bridgehead atoms. The number of carbonyl (C=O) groups excluding carboxylic acids is 2. The lowest BCUT2D eigenvalue weighted by atomic mass is 9.83. The predicted octanol–water partition coefficient (Wildman–Crippen LogP) is 6.08. The molecule has 1 saturated carbocycles. The maximum atomic E-state index is 12.4. The van der Waals surface area contributed by atoms with Gasteiger partial charge in [0.05, 0.1) is 29.5 Å². The number of carbonyl (C=O) groups is 2. The van der Waals surface area contributed by atoms with Crippen molar-refractivity contribution in [2.75, 3.05) is 6.61 Å². The topological polar surface area (TPSA) is 77.2 Å². The second kappa shape index (κ2) is 12.4. The van der Waals surface area contributed by atoms with Crippen LogP contribution in [0.2, 0.25) is 0 Å². The number of hydrogen-bond acceptors (Lipinski definition) is 5. The smallest absolute Gasteiger partial charge is 0.338 e. The zero-order valence-corrected chi connectivity index (χ0v) is 23.3. The maximum Gasteiger partial charge on any atom is 0.338 e. The summed E-state index contributed by atoms with van der Waals surface area (Å²) in [6, 6.07) is 9.05. The highest BCUT2D eigenvalue weighted by molar-refractivity contribution is 5.90. The number of hydrogen-bond donors (Lipinski definition) is 1. The summed E-state index contributed by atoms with van der Waals surface area (Å²) in [7, 11) is 0. The normalized spacial score (nSPS) is 29.9. The van der Waals surface area contributed by atoms with Crippen LogP contribution in [-0.2, 0) is 19.0 Å². The van der Waals surface area contributed by atoms with E-state index < -0.39 is 12.1 Å². The molecule has 206 valence electrons. The van der Waals surface area contributed by atoms with E-state index in [1.165, 1.54) is 11.6 Å². The van der Waals surface area contributed by atoms with Crippen LogP contribution < -0.4 is 5.32 Å². The fourth-order valence-electron chi connectivity index (χ4n) is 5.68. The van der Waals surface area contributed by atoms with Crippen LogP contribution in [0.25, 0.3) is 0 Å². The van der Waals surface area contributed by atoms with Crippen molar-refractivity contribution in [3.8, 4) is 0 Å². The van der Waals surface area contributed by atoms with Crippen molar-refractivity contribution in [1.29, 1.82) is 0 Å². The molecule has 6 heteroatoms. The number of nitrogens with one attached hydrogen (secondary N) is 1. The van der Waals surface area contributed by atoms with Crippen LogP contribution in [0.15, 0.2) is 66.3 Å². The van der Waals surface area contributed by atoms with Gasteiger partial charge in [-0.05, 0) is 83.9 Å². The van der Waals surface area contributed by atoms with Gasteiger partial charge in [-0.2, -0.15) is 0 Å². The highest BCUT2D eigenvalue weighted by Gasteiger charge is 2.53. The van der Waals surface area contributed by atoms with Gasteiger partial charge in [0.1, 0.15) is 6.10 Å². The van der Waals surface area contributed by atoms with Gasteiger partial charge in [0, 0.05) is 25.0 Å². The molecule has 2 saturated heterocycles. The standard InChI is InChI=1S/C32H43NO5/c1-23(11-18-28-20-32(22-36-32)21-31(3,4)38-28)10-13-25-14-16-27(17-15-25)33-29(34)19-12-24(2)37-30(35)26-8-6-5-7-9-26/h5-12,18-19,24-25,27-28H,13-17,20-22H2,1-4H3,(H,33,34)/t24?,25?,27?,28-,32-/m1/s1. The Kier molecular flexibility index (Phi) is 9.27. The molecule has 2 aliphatic heterocycles. The summed E-state index contributed by atoms with van der Waals surface area (Å²) < 4.78 is 17.4. The third-order valence-corrected chi connectivity index (χ3v) is 7.71. The third-order valence-electron chi connectivity index (χ3n) is 7.71. The van der Waals surface area contributed by atoms with Crippen LogP contribution >= 0.6 is 0 Å². The van der Waals surface area contributed by atoms with Gasteiger partial charge in [-0.25, -0.2) is 4.79 Å². The molecule has 0 aromatic heterocycles. The molecular formula is C32H43NO5. The summed E-state index contributed by atoms with van der Waals surface area (Å²) in [4.78, 5) is 24.5. The average Bonchev–Trinajstić information content (AvgIpc) is 3.62. The van der Waals surface area contributed by atoms with Crippen LogP contribution in [0.1, 0.15) is 83.0 Å². The Morgan fingerprint density at radius 2 is 1.84 bits per heavy atom. The summed E-state index contributed by atoms with van der Waals surface area (Å²) in [6.07, 6.45) is 16.6. The number of ether oxygens (including phenoxy) is 3. The molecule has 3 fully saturated rings. The zero-order chi connectivity index (χ0) is 27.2. The summed E-state index contributed by atoms with van der Waals surface area (Å²) in [6.45, 7) is 9.07. The number of allylic oxidation sites excluding steroid dienone is 3. The average molecular weight is 522 g/mol. The van der Waals surface area contributed by atoms with E-state index in [9.17, 15) is 9.59 Å². The lowest BCUT2D eigenvalue weighted by molar-refractivity contribution is -0.117. The molecule has 3 atom stereocenters. The van der Waals surface area contributed by atoms with Crippen LogP contribution in [0.4, 0.5) is 0 Å². The van der Waals surface area contributed by atoms with Gasteiger partial charge in [-0.15, -0.1) is 0 Å². The number of rotatable bonds is 9. The van der Waals surface area contributed by atoms with Gasteiger partial charge in [-0.3, -0.25) is 4.79 Å². The predicted molar refractivity (Wildman–Crippen MR) is 149 cm³/mol. The Morgan fingerprint density at radius 1 is 1.13 bits per heavy atom. The number of benzene rings is 1. The Balaban J connectivity index is 1.14. The van der Waals surface area contributed by atoms with E-state index in [-0.39, 0.29) is 29.3 Å². The summed E-state index contributed by atoms with van der Waals surface area (Å²) >= 11 is 0. The molecule has 4 rings (SSSR count). The molecule has 1 amide bonds. The second-order valence-electron chi connectivity index (χ2n) is 11.9. The van der Waals surface area contributed by atoms with Gasteiger partial charge in [-0.1, -0.05) is 42.0 Å². The molecule has 1 unspecified atom stereocenters. The van der Waals surface area contributed by atoms with E-state index in [4.69, 9.17) is 14.2 Å². The Morgan fingerprint density at radius 3 is 2.53 bits per heavy atom. The minimum absolute atomic E-state index is 0.0473. The van der Waals surface area contributed by atoms with E-state index in [1.807, 2.05) is 6.07 Å². The van der Waals surface area contributed by atoms with Crippen LogP contribution in [0.5, 0.6) is 0 Å². The molecule has 2 heterocycles. The molecule has 1 spiro atoms. The van der Waals surface area contributed by atoms with Crippen molar-refractivity contribution in [3.05, 3.63) is 71.8 Å². The summed E-state index contributed by atoms with van der Waals surface area (Å²) in [5.41, 5.74) is 1.67. The Hall–Kier alpha value is -2.70. The van der Waals surface area contributed by atoms with Gasteiger partial charge in [0.15, 0.2) is 0 Å². The first-order chi connectivity index (χ1) is 18.1. The molecule has 38 heavy (non-hydrogen) atoms. The molecule has 3 aliphatic rings. The van der Waals surface area contributed by atoms with Crippen molar-refractivity contribution < 1.29 is 23.8 Å². The van der Waals surface area contributed by atoms with Crippen LogP contribution in [0.3, 0.4) is 0 Å². The Bertz CT molecular complexity index is 1040. The monoisotopic (exact) mass is 521 g/mol. The first-order valence-electron chi connectivity index (χ1n) is 14.0. The SMILES string of the molecule is CC(C=C[C@@H]1C[C@]2(CO2)CC(C)(C)O1)=CCC1CCC(NC(=O)C=CC(C)OC(=O)c2ccccc2)CC1. The molecular weight excluding hydrogens is 478 g/mol. The molecule has 1 aromatic rings. The van der Waals surface area contributed by atoms with Gasteiger partial charge in [0.2, 0.25) is 5.91 Å². The number of amides is 1. The lowest BCUT2D eigenvalue weighted by Crippen LogP contribution is -2.43. The fraction of sp³-hybridized carbons (Fsp3) is 0.562. The minimum atomic E-state index is -0.479. The second-order valence-corrected chi connectivity index (χ2v) is 11.9. The quantitative estimate of drug-likeness (QED) is 0.184. The van der Waals surface area contributed by atoms with Crippen molar-refractivity contribution in [2.24, 2.45) is 5.92 Å². The summed E-state index contributed by atoms with van der Waals surface area (Å²) in [5.74, 6) is 0.115. The molecule has 1 aliphatic carbocycles. The zero-order valence-electron chi connectivity index (χ0n) is 23.3. The van der Waals surface area contributed by atoms with Gasteiger partial charge >= 0.3 is 5.97 Å². The molecule has 1 aromatic carbocycles. The molecule has 1 N–H and O–H groups in total. The highest BCUT2D eigenvalue weighted by atomic mass is 16.6. The van der Waals surface area contributed by atoms with Crippen molar-refractivity contribution >= 4 is 11.9 Å². The molecule has 6 nitrogen and oxygen atoms in total. The van der Waals surface area contributed by atoms with E-state index in [1.54, 1.807) is 37.3 Å². The fourth-order valence-corrected chi connectivity index (χ4v) is 5.68. The van der Waals surface area contributed by atoms with Crippen LogP contribution in [-0.4, -0.2) is 47.9 Å². The van der Waals surface area contributed by atoms with E-state index >= 15 is 0 Å². The number of esters is 1. The van der Waals surface area contributed by atoms with Gasteiger partial charge in [0.25, 0.3) is 0 Å². The van der Waals surface area contributed by atoms with Crippen molar-refractivity contribution in [2.45, 2.75) is 102 Å². The first kappa shape index (κ1) is 28.3. The van der Waals surface area contributed by atoms with Crippen LogP contribution in [0, 0.1) is 5.92 Å². The van der Waals surface area contributed by atoms with Crippen molar-refractivity contribution in [1.82, 2.24) is 5.32 Å². The minimum Gasteiger partial charge on any atom is -0.455 e. The Labute approximate surface area is 227 Å². The number of epoxide rings is 1. The summed E-state index contributed by atoms with van der Waals surface area (Å²) in [5, 5.41) is 3.10. The van der Waals surface area contributed by atoms with E-state index in [0.29, 0.717) is 11.5 Å². The van der Waals surface area contributed by atoms with Crippen molar-refractivity contribution in [3.63, 3.8) is 0 Å². The highest BCUT2D eigenvalue weighted by Crippen LogP contribution is 2.46. The lowest BCUT2D eigenvalue weighted by Gasteiger charge is -2.38.